The molecule has 2 rings (SSSR count). The van der Waals surface area contributed by atoms with E-state index in [0.717, 1.165) is 27.3 Å². The number of halogens is 1. The summed E-state index contributed by atoms with van der Waals surface area (Å²) in [6.07, 6.45) is 1.06. The van der Waals surface area contributed by atoms with Crippen LogP contribution in [-0.2, 0) is 26.2 Å². The van der Waals surface area contributed by atoms with E-state index in [1.54, 1.807) is 50.2 Å². The van der Waals surface area contributed by atoms with Gasteiger partial charge in [0.05, 0.1) is 11.9 Å². The number of aryl methyl sites for hydroxylation is 2. The number of sulfonamides is 1. The Balaban J connectivity index is 2.42. The van der Waals surface area contributed by atoms with E-state index in [1.807, 2.05) is 13.0 Å². The topological polar surface area (TPSA) is 86.8 Å². The molecule has 0 saturated heterocycles. The Morgan fingerprint density at radius 2 is 1.81 bits per heavy atom. The standard InChI is InChI=1S/C22H28ClN3O4S/c1-15-9-10-20(16(2)11-15)26(31(5,29)30)14-21(27)25(17(3)22(28)24-4)13-18-7-6-8-19(23)12-18/h6-12,17H,13-14H2,1-5H3,(H,24,28). The second-order valence-electron chi connectivity index (χ2n) is 7.50. The molecule has 9 heteroatoms. The van der Waals surface area contributed by atoms with Gasteiger partial charge in [-0.05, 0) is 50.1 Å². The Hall–Kier alpha value is -2.58. The van der Waals surface area contributed by atoms with Crippen LogP contribution in [0.25, 0.3) is 0 Å². The van der Waals surface area contributed by atoms with Crippen LogP contribution in [0.2, 0.25) is 5.02 Å². The summed E-state index contributed by atoms with van der Waals surface area (Å²) in [6, 6.07) is 11.5. The summed E-state index contributed by atoms with van der Waals surface area (Å²) in [4.78, 5) is 27.0. The van der Waals surface area contributed by atoms with Crippen LogP contribution in [0, 0.1) is 13.8 Å². The number of rotatable bonds is 8. The minimum Gasteiger partial charge on any atom is -0.357 e. The minimum absolute atomic E-state index is 0.110. The maximum absolute atomic E-state index is 13.3. The molecular weight excluding hydrogens is 438 g/mol. The van der Waals surface area contributed by atoms with Gasteiger partial charge in [0.15, 0.2) is 0 Å². The van der Waals surface area contributed by atoms with E-state index in [-0.39, 0.29) is 12.5 Å². The quantitative estimate of drug-likeness (QED) is 0.649. The van der Waals surface area contributed by atoms with Gasteiger partial charge in [-0.1, -0.05) is 41.4 Å². The van der Waals surface area contributed by atoms with Crippen molar-refractivity contribution in [2.75, 3.05) is 24.2 Å². The average molecular weight is 466 g/mol. The second kappa shape index (κ2) is 10.2. The van der Waals surface area contributed by atoms with E-state index < -0.39 is 28.5 Å². The number of hydrogen-bond donors (Lipinski definition) is 1. The van der Waals surface area contributed by atoms with Gasteiger partial charge in [-0.15, -0.1) is 0 Å². The zero-order valence-corrected chi connectivity index (χ0v) is 19.9. The molecule has 0 radical (unpaired) electrons. The number of nitrogens with zero attached hydrogens (tertiary/aromatic N) is 2. The molecule has 0 saturated carbocycles. The molecule has 7 nitrogen and oxygen atoms in total. The normalized spacial score (nSPS) is 12.2. The first-order valence-electron chi connectivity index (χ1n) is 9.74. The number of nitrogens with one attached hydrogen (secondary N) is 1. The third kappa shape index (κ3) is 6.45. The summed E-state index contributed by atoms with van der Waals surface area (Å²) in [5, 5.41) is 3.04. The Labute approximate surface area is 189 Å². The molecule has 0 aliphatic rings. The first-order valence-corrected chi connectivity index (χ1v) is 12.0. The van der Waals surface area contributed by atoms with E-state index >= 15 is 0 Å². The molecular formula is C22H28ClN3O4S. The molecule has 168 valence electrons. The molecule has 2 aromatic carbocycles. The van der Waals surface area contributed by atoms with Gasteiger partial charge in [0.2, 0.25) is 21.8 Å². The van der Waals surface area contributed by atoms with E-state index in [4.69, 9.17) is 11.6 Å². The highest BCUT2D eigenvalue weighted by Crippen LogP contribution is 2.24. The summed E-state index contributed by atoms with van der Waals surface area (Å²) < 4.78 is 26.2. The molecule has 0 spiro atoms. The minimum atomic E-state index is -3.75. The highest BCUT2D eigenvalue weighted by atomic mass is 35.5. The van der Waals surface area contributed by atoms with E-state index in [9.17, 15) is 18.0 Å². The maximum atomic E-state index is 13.3. The van der Waals surface area contributed by atoms with E-state index in [1.165, 1.54) is 11.9 Å². The Morgan fingerprint density at radius 1 is 1.13 bits per heavy atom. The molecule has 2 amide bonds. The molecule has 0 aliphatic heterocycles. The largest absolute Gasteiger partial charge is 0.357 e. The van der Waals surface area contributed by atoms with Crippen molar-refractivity contribution in [2.24, 2.45) is 0 Å². The van der Waals surface area contributed by atoms with Crippen molar-refractivity contribution in [3.8, 4) is 0 Å². The average Bonchev–Trinajstić information content (AvgIpc) is 2.68. The fraction of sp³-hybridized carbons (Fsp3) is 0.364. The lowest BCUT2D eigenvalue weighted by Gasteiger charge is -2.31. The molecule has 1 atom stereocenters. The van der Waals surface area contributed by atoms with Crippen LogP contribution < -0.4 is 9.62 Å². The van der Waals surface area contributed by atoms with Crippen LogP contribution in [0.15, 0.2) is 42.5 Å². The zero-order chi connectivity index (χ0) is 23.3. The third-order valence-electron chi connectivity index (χ3n) is 4.96. The van der Waals surface area contributed by atoms with Gasteiger partial charge in [-0.25, -0.2) is 8.42 Å². The lowest BCUT2D eigenvalue weighted by atomic mass is 10.1. The lowest BCUT2D eigenvalue weighted by Crippen LogP contribution is -2.50. The van der Waals surface area contributed by atoms with Crippen molar-refractivity contribution in [1.82, 2.24) is 10.2 Å². The smallest absolute Gasteiger partial charge is 0.244 e. The molecule has 0 aromatic heterocycles. The van der Waals surface area contributed by atoms with Gasteiger partial charge < -0.3 is 10.2 Å². The second-order valence-corrected chi connectivity index (χ2v) is 9.84. The highest BCUT2D eigenvalue weighted by Gasteiger charge is 2.30. The molecule has 1 N–H and O–H groups in total. The van der Waals surface area contributed by atoms with Crippen molar-refractivity contribution in [1.29, 1.82) is 0 Å². The number of hydrogen-bond acceptors (Lipinski definition) is 4. The summed E-state index contributed by atoms with van der Waals surface area (Å²) in [7, 11) is -2.26. The Bertz CT molecular complexity index is 1070. The molecule has 0 heterocycles. The van der Waals surface area contributed by atoms with Gasteiger partial charge in [0, 0.05) is 18.6 Å². The maximum Gasteiger partial charge on any atom is 0.244 e. The number of likely N-dealkylation sites (N-methyl/N-ethyl adjacent to an activating group) is 1. The Morgan fingerprint density at radius 3 is 2.35 bits per heavy atom. The number of carbonyl (C=O) groups excluding carboxylic acids is 2. The van der Waals surface area contributed by atoms with Crippen molar-refractivity contribution in [3.05, 3.63) is 64.2 Å². The van der Waals surface area contributed by atoms with Crippen LogP contribution >= 0.6 is 11.6 Å². The van der Waals surface area contributed by atoms with Gasteiger partial charge >= 0.3 is 0 Å². The summed E-state index contributed by atoms with van der Waals surface area (Å²) in [5.41, 5.74) is 2.88. The highest BCUT2D eigenvalue weighted by molar-refractivity contribution is 7.92. The number of benzene rings is 2. The van der Waals surface area contributed by atoms with Crippen molar-refractivity contribution in [3.63, 3.8) is 0 Å². The summed E-state index contributed by atoms with van der Waals surface area (Å²) in [5.74, 6) is -0.853. The lowest BCUT2D eigenvalue weighted by molar-refractivity contribution is -0.139. The predicted octanol–water partition coefficient (Wildman–Crippen LogP) is 2.89. The molecule has 2 aromatic rings. The number of amides is 2. The zero-order valence-electron chi connectivity index (χ0n) is 18.3. The van der Waals surface area contributed by atoms with Crippen LogP contribution in [0.1, 0.15) is 23.6 Å². The molecule has 0 fully saturated rings. The molecule has 1 unspecified atom stereocenters. The molecule has 0 aliphatic carbocycles. The first kappa shape index (κ1) is 24.7. The number of anilines is 1. The summed E-state index contributed by atoms with van der Waals surface area (Å²) >= 11 is 6.06. The first-order chi connectivity index (χ1) is 14.4. The predicted molar refractivity (Wildman–Crippen MR) is 124 cm³/mol. The fourth-order valence-electron chi connectivity index (χ4n) is 3.30. The SMILES string of the molecule is CNC(=O)C(C)N(Cc1cccc(Cl)c1)C(=O)CN(c1ccc(C)cc1C)S(C)(=O)=O. The van der Waals surface area contributed by atoms with Gasteiger partial charge in [0.25, 0.3) is 0 Å². The monoisotopic (exact) mass is 465 g/mol. The van der Waals surface area contributed by atoms with E-state index in [0.29, 0.717) is 10.7 Å². The van der Waals surface area contributed by atoms with Crippen LogP contribution in [0.4, 0.5) is 5.69 Å². The third-order valence-corrected chi connectivity index (χ3v) is 6.32. The van der Waals surface area contributed by atoms with Crippen molar-refractivity contribution in [2.45, 2.75) is 33.4 Å². The molecule has 31 heavy (non-hydrogen) atoms. The van der Waals surface area contributed by atoms with Crippen LogP contribution in [0.3, 0.4) is 0 Å². The van der Waals surface area contributed by atoms with Crippen LogP contribution in [-0.4, -0.2) is 51.0 Å². The van der Waals surface area contributed by atoms with Crippen molar-refractivity contribution < 1.29 is 18.0 Å². The van der Waals surface area contributed by atoms with E-state index in [2.05, 4.69) is 5.32 Å². The van der Waals surface area contributed by atoms with Gasteiger partial charge in [0.1, 0.15) is 12.6 Å². The Kier molecular flexibility index (Phi) is 8.08. The van der Waals surface area contributed by atoms with Gasteiger partial charge in [-0.3, -0.25) is 13.9 Å². The molecule has 0 bridgehead atoms. The number of carbonyl (C=O) groups is 2. The van der Waals surface area contributed by atoms with Crippen LogP contribution in [0.5, 0.6) is 0 Å². The van der Waals surface area contributed by atoms with Gasteiger partial charge in [-0.2, -0.15) is 0 Å². The fourth-order valence-corrected chi connectivity index (χ4v) is 4.42. The summed E-state index contributed by atoms with van der Waals surface area (Å²) in [6.45, 7) is 4.98. The van der Waals surface area contributed by atoms with Crippen molar-refractivity contribution >= 4 is 39.1 Å².